The molecule has 9 nitrogen and oxygen atoms in total. The SMILES string of the molecule is CCOC(=O)c1c(C(=O)c2ccccc2)nnn1-c1ccc(Cl)cc1[N+](=O)[O-]. The zero-order valence-electron chi connectivity index (χ0n) is 14.5. The van der Waals surface area contributed by atoms with Crippen LogP contribution < -0.4 is 0 Å². The molecule has 1 aromatic heterocycles. The van der Waals surface area contributed by atoms with Crippen LogP contribution in [0.5, 0.6) is 0 Å². The summed E-state index contributed by atoms with van der Waals surface area (Å²) in [6.07, 6.45) is 0. The minimum absolute atomic E-state index is 0.0334. The van der Waals surface area contributed by atoms with Crippen molar-refractivity contribution in [1.29, 1.82) is 0 Å². The Morgan fingerprint density at radius 2 is 1.93 bits per heavy atom. The smallest absolute Gasteiger partial charge is 0.359 e. The molecule has 0 atom stereocenters. The number of nitro groups is 1. The molecule has 0 radical (unpaired) electrons. The standard InChI is InChI=1S/C18H13ClN4O5/c1-2-28-18(25)16-15(17(24)11-6-4-3-5-7-11)20-21-22(16)13-9-8-12(19)10-14(13)23(26)27/h3-10H,2H2,1H3. The van der Waals surface area contributed by atoms with Crippen molar-refractivity contribution in [2.24, 2.45) is 0 Å². The van der Waals surface area contributed by atoms with Crippen LogP contribution in [0.25, 0.3) is 5.69 Å². The summed E-state index contributed by atoms with van der Waals surface area (Å²) in [4.78, 5) is 36.1. The number of nitrogens with zero attached hydrogens (tertiary/aromatic N) is 4. The Morgan fingerprint density at radius 3 is 2.57 bits per heavy atom. The Hall–Kier alpha value is -3.59. The lowest BCUT2D eigenvalue weighted by atomic mass is 10.1. The van der Waals surface area contributed by atoms with Crippen LogP contribution in [0.2, 0.25) is 5.02 Å². The monoisotopic (exact) mass is 400 g/mol. The number of esters is 1. The highest BCUT2D eigenvalue weighted by Crippen LogP contribution is 2.28. The van der Waals surface area contributed by atoms with Crippen LogP contribution in [0, 0.1) is 10.1 Å². The number of hydrogen-bond donors (Lipinski definition) is 0. The lowest BCUT2D eigenvalue weighted by Crippen LogP contribution is -2.17. The van der Waals surface area contributed by atoms with E-state index in [1.54, 1.807) is 37.3 Å². The molecule has 28 heavy (non-hydrogen) atoms. The highest BCUT2D eigenvalue weighted by Gasteiger charge is 2.30. The van der Waals surface area contributed by atoms with Gasteiger partial charge in [-0.2, -0.15) is 4.68 Å². The Labute approximate surface area is 163 Å². The van der Waals surface area contributed by atoms with Crippen molar-refractivity contribution >= 4 is 29.0 Å². The normalized spacial score (nSPS) is 10.5. The molecule has 3 aromatic rings. The highest BCUT2D eigenvalue weighted by atomic mass is 35.5. The van der Waals surface area contributed by atoms with E-state index in [1.807, 2.05) is 0 Å². The van der Waals surface area contributed by atoms with Crippen LogP contribution in [0.3, 0.4) is 0 Å². The molecule has 0 saturated carbocycles. The maximum absolute atomic E-state index is 12.8. The molecule has 0 bridgehead atoms. The number of halogens is 1. The van der Waals surface area contributed by atoms with Gasteiger partial charge in [0.15, 0.2) is 11.4 Å². The first-order valence-electron chi connectivity index (χ1n) is 8.11. The second-order valence-corrected chi connectivity index (χ2v) is 5.94. The molecule has 10 heteroatoms. The van der Waals surface area contributed by atoms with Crippen molar-refractivity contribution in [1.82, 2.24) is 15.0 Å². The van der Waals surface area contributed by atoms with Gasteiger partial charge in [0.25, 0.3) is 5.69 Å². The van der Waals surface area contributed by atoms with Gasteiger partial charge in [-0.05, 0) is 19.1 Å². The number of rotatable bonds is 6. The summed E-state index contributed by atoms with van der Waals surface area (Å²) in [5.74, 6) is -1.44. The molecule has 3 rings (SSSR count). The summed E-state index contributed by atoms with van der Waals surface area (Å²) < 4.78 is 5.93. The molecular weight excluding hydrogens is 388 g/mol. The van der Waals surface area contributed by atoms with Crippen LogP contribution in [0.15, 0.2) is 48.5 Å². The van der Waals surface area contributed by atoms with Gasteiger partial charge in [0.1, 0.15) is 5.69 Å². The van der Waals surface area contributed by atoms with Gasteiger partial charge in [-0.1, -0.05) is 47.1 Å². The number of benzene rings is 2. The van der Waals surface area contributed by atoms with E-state index in [0.29, 0.717) is 0 Å². The zero-order chi connectivity index (χ0) is 20.3. The maximum atomic E-state index is 12.8. The Morgan fingerprint density at radius 1 is 1.21 bits per heavy atom. The largest absolute Gasteiger partial charge is 0.461 e. The summed E-state index contributed by atoms with van der Waals surface area (Å²) in [5.41, 5.74) is -0.764. The van der Waals surface area contributed by atoms with Gasteiger partial charge in [-0.15, -0.1) is 5.10 Å². The van der Waals surface area contributed by atoms with Crippen molar-refractivity contribution < 1.29 is 19.2 Å². The van der Waals surface area contributed by atoms with Crippen molar-refractivity contribution in [2.45, 2.75) is 6.92 Å². The number of carbonyl (C=O) groups excluding carboxylic acids is 2. The van der Waals surface area contributed by atoms with Gasteiger partial charge in [0.05, 0.1) is 11.5 Å². The van der Waals surface area contributed by atoms with E-state index in [0.717, 1.165) is 10.7 Å². The van der Waals surface area contributed by atoms with E-state index in [4.69, 9.17) is 16.3 Å². The van der Waals surface area contributed by atoms with Crippen molar-refractivity contribution in [3.05, 3.63) is 80.6 Å². The van der Waals surface area contributed by atoms with E-state index in [-0.39, 0.29) is 34.3 Å². The summed E-state index contributed by atoms with van der Waals surface area (Å²) in [7, 11) is 0. The predicted octanol–water partition coefficient (Wildman–Crippen LogP) is 3.24. The van der Waals surface area contributed by atoms with Crippen LogP contribution in [0.1, 0.15) is 33.5 Å². The minimum atomic E-state index is -0.879. The van der Waals surface area contributed by atoms with Crippen molar-refractivity contribution in [2.75, 3.05) is 6.61 Å². The van der Waals surface area contributed by atoms with Gasteiger partial charge < -0.3 is 4.74 Å². The highest BCUT2D eigenvalue weighted by molar-refractivity contribution is 6.30. The molecule has 0 spiro atoms. The van der Waals surface area contributed by atoms with E-state index < -0.39 is 22.4 Å². The third-order valence-corrected chi connectivity index (χ3v) is 3.99. The number of ether oxygens (including phenoxy) is 1. The molecule has 142 valence electrons. The summed E-state index contributed by atoms with van der Waals surface area (Å²) >= 11 is 5.84. The van der Waals surface area contributed by atoms with Gasteiger partial charge in [-0.25, -0.2) is 4.79 Å². The number of hydrogen-bond acceptors (Lipinski definition) is 7. The summed E-state index contributed by atoms with van der Waals surface area (Å²) in [6.45, 7) is 1.63. The minimum Gasteiger partial charge on any atom is -0.461 e. The van der Waals surface area contributed by atoms with Gasteiger partial charge in [0, 0.05) is 16.7 Å². The Bertz CT molecular complexity index is 1070. The summed E-state index contributed by atoms with van der Waals surface area (Å²) in [5, 5.41) is 19.2. The first-order chi connectivity index (χ1) is 13.4. The molecule has 0 unspecified atom stereocenters. The number of carbonyl (C=O) groups is 2. The van der Waals surface area contributed by atoms with Gasteiger partial charge >= 0.3 is 5.97 Å². The average molecular weight is 401 g/mol. The fraction of sp³-hybridized carbons (Fsp3) is 0.111. The van der Waals surface area contributed by atoms with Crippen LogP contribution >= 0.6 is 11.6 Å². The Kier molecular flexibility index (Phi) is 5.46. The van der Waals surface area contributed by atoms with Crippen LogP contribution in [0.4, 0.5) is 5.69 Å². The van der Waals surface area contributed by atoms with E-state index in [9.17, 15) is 19.7 Å². The third kappa shape index (κ3) is 3.60. The second kappa shape index (κ2) is 7.97. The topological polar surface area (TPSA) is 117 Å². The van der Waals surface area contributed by atoms with E-state index >= 15 is 0 Å². The lowest BCUT2D eigenvalue weighted by Gasteiger charge is -2.08. The Balaban J connectivity index is 2.21. The van der Waals surface area contributed by atoms with Crippen LogP contribution in [-0.4, -0.2) is 38.3 Å². The molecule has 0 saturated heterocycles. The number of ketones is 1. The van der Waals surface area contributed by atoms with Gasteiger partial charge in [-0.3, -0.25) is 14.9 Å². The molecule has 0 aliphatic carbocycles. The lowest BCUT2D eigenvalue weighted by molar-refractivity contribution is -0.384. The van der Waals surface area contributed by atoms with E-state index in [1.165, 1.54) is 12.1 Å². The molecule has 0 aliphatic heterocycles. The predicted molar refractivity (Wildman–Crippen MR) is 98.9 cm³/mol. The average Bonchev–Trinajstić information content (AvgIpc) is 3.13. The second-order valence-electron chi connectivity index (χ2n) is 5.50. The fourth-order valence-corrected chi connectivity index (χ4v) is 2.70. The number of aromatic nitrogens is 3. The third-order valence-electron chi connectivity index (χ3n) is 3.75. The molecule has 0 N–H and O–H groups in total. The molecule has 0 amide bonds. The molecule has 0 aliphatic rings. The first kappa shape index (κ1) is 19.2. The van der Waals surface area contributed by atoms with Crippen LogP contribution in [-0.2, 0) is 4.74 Å². The maximum Gasteiger partial charge on any atom is 0.359 e. The zero-order valence-corrected chi connectivity index (χ0v) is 15.3. The molecular formula is C18H13ClN4O5. The first-order valence-corrected chi connectivity index (χ1v) is 8.48. The summed E-state index contributed by atoms with van der Waals surface area (Å²) in [6, 6.07) is 12.0. The van der Waals surface area contributed by atoms with Gasteiger partial charge in [0.2, 0.25) is 5.78 Å². The fourth-order valence-electron chi connectivity index (χ4n) is 2.53. The van der Waals surface area contributed by atoms with Crippen molar-refractivity contribution in [3.63, 3.8) is 0 Å². The molecule has 0 fully saturated rings. The van der Waals surface area contributed by atoms with E-state index in [2.05, 4.69) is 10.3 Å². The molecule has 1 heterocycles. The number of nitro benzene ring substituents is 1. The molecule has 2 aromatic carbocycles. The van der Waals surface area contributed by atoms with Crippen molar-refractivity contribution in [3.8, 4) is 5.69 Å². The quantitative estimate of drug-likeness (QED) is 0.270.